The van der Waals surface area contributed by atoms with Crippen molar-refractivity contribution in [2.24, 2.45) is 0 Å². The molecule has 6 heteroatoms. The van der Waals surface area contributed by atoms with Crippen molar-refractivity contribution in [3.8, 4) is 5.75 Å². The van der Waals surface area contributed by atoms with E-state index in [0.29, 0.717) is 23.9 Å². The lowest BCUT2D eigenvalue weighted by Crippen LogP contribution is -2.25. The first-order valence-electron chi connectivity index (χ1n) is 6.35. The maximum atomic E-state index is 12.2. The summed E-state index contributed by atoms with van der Waals surface area (Å²) in [5, 5.41) is 0.417. The highest BCUT2D eigenvalue weighted by atomic mass is 35.5. The first-order chi connectivity index (χ1) is 8.92. The van der Waals surface area contributed by atoms with Crippen LogP contribution < -0.4 is 9.46 Å². The van der Waals surface area contributed by atoms with Crippen molar-refractivity contribution >= 4 is 21.6 Å². The van der Waals surface area contributed by atoms with Gasteiger partial charge < -0.3 is 4.74 Å². The van der Waals surface area contributed by atoms with Crippen LogP contribution in [0.2, 0.25) is 5.02 Å². The van der Waals surface area contributed by atoms with E-state index in [0.717, 1.165) is 18.4 Å². The van der Waals surface area contributed by atoms with Crippen molar-refractivity contribution in [3.05, 3.63) is 22.7 Å². The Hall–Kier alpha value is -0.780. The first-order valence-corrected chi connectivity index (χ1v) is 8.21. The summed E-state index contributed by atoms with van der Waals surface area (Å²) in [6.45, 7) is 6.54. The highest BCUT2D eigenvalue weighted by Crippen LogP contribution is 2.30. The van der Waals surface area contributed by atoms with Crippen LogP contribution >= 0.6 is 11.6 Å². The second kappa shape index (κ2) is 7.12. The Balaban J connectivity index is 3.19. The topological polar surface area (TPSA) is 55.4 Å². The molecule has 19 heavy (non-hydrogen) atoms. The standard InChI is InChI=1S/C13H20ClNO3S/c1-4-6-15-19(16,17)13-9-11(14)10(3)8-12(13)18-7-5-2/h8-9,15H,4-7H2,1-3H3. The molecule has 0 saturated heterocycles. The lowest BCUT2D eigenvalue weighted by molar-refractivity contribution is 0.309. The maximum absolute atomic E-state index is 12.2. The summed E-state index contributed by atoms with van der Waals surface area (Å²) in [6.07, 6.45) is 1.54. The van der Waals surface area contributed by atoms with E-state index in [4.69, 9.17) is 16.3 Å². The number of aryl methyl sites for hydroxylation is 1. The molecule has 0 aromatic heterocycles. The molecule has 0 fully saturated rings. The zero-order chi connectivity index (χ0) is 14.5. The Labute approximate surface area is 120 Å². The van der Waals surface area contributed by atoms with Crippen molar-refractivity contribution in [1.82, 2.24) is 4.72 Å². The second-order valence-electron chi connectivity index (χ2n) is 4.29. The smallest absolute Gasteiger partial charge is 0.244 e. The number of sulfonamides is 1. The van der Waals surface area contributed by atoms with E-state index in [1.165, 1.54) is 6.07 Å². The van der Waals surface area contributed by atoms with Gasteiger partial charge in [-0.3, -0.25) is 0 Å². The molecule has 0 bridgehead atoms. The maximum Gasteiger partial charge on any atom is 0.244 e. The summed E-state index contributed by atoms with van der Waals surface area (Å²) in [6, 6.07) is 3.11. The summed E-state index contributed by atoms with van der Waals surface area (Å²) in [5.74, 6) is 0.354. The van der Waals surface area contributed by atoms with Crippen LogP contribution in [0.5, 0.6) is 5.75 Å². The van der Waals surface area contributed by atoms with Crippen LogP contribution in [-0.2, 0) is 10.0 Å². The minimum atomic E-state index is -3.58. The van der Waals surface area contributed by atoms with Gasteiger partial charge in [-0.1, -0.05) is 25.4 Å². The van der Waals surface area contributed by atoms with E-state index in [1.807, 2.05) is 20.8 Å². The van der Waals surface area contributed by atoms with Gasteiger partial charge in [0, 0.05) is 11.6 Å². The fourth-order valence-electron chi connectivity index (χ4n) is 1.49. The van der Waals surface area contributed by atoms with Gasteiger partial charge in [-0.25, -0.2) is 13.1 Å². The van der Waals surface area contributed by atoms with Crippen LogP contribution in [0, 0.1) is 6.92 Å². The lowest BCUT2D eigenvalue weighted by Gasteiger charge is -2.14. The molecule has 0 radical (unpaired) electrons. The van der Waals surface area contributed by atoms with Crippen molar-refractivity contribution in [1.29, 1.82) is 0 Å². The van der Waals surface area contributed by atoms with Crippen LogP contribution in [0.3, 0.4) is 0 Å². The Morgan fingerprint density at radius 3 is 2.53 bits per heavy atom. The Bertz CT molecular complexity index is 529. The Morgan fingerprint density at radius 1 is 1.26 bits per heavy atom. The number of hydrogen-bond donors (Lipinski definition) is 1. The molecule has 0 unspecified atom stereocenters. The molecule has 0 aliphatic heterocycles. The molecule has 0 saturated carbocycles. The quantitative estimate of drug-likeness (QED) is 0.842. The Morgan fingerprint density at radius 2 is 1.95 bits per heavy atom. The summed E-state index contributed by atoms with van der Waals surface area (Å²) < 4.78 is 32.4. The molecule has 0 aliphatic carbocycles. The molecule has 108 valence electrons. The van der Waals surface area contributed by atoms with Crippen LogP contribution in [0.15, 0.2) is 17.0 Å². The van der Waals surface area contributed by atoms with E-state index in [-0.39, 0.29) is 4.90 Å². The second-order valence-corrected chi connectivity index (χ2v) is 6.44. The van der Waals surface area contributed by atoms with Gasteiger partial charge in [0.1, 0.15) is 10.6 Å². The summed E-state index contributed by atoms with van der Waals surface area (Å²) >= 11 is 6.01. The molecule has 4 nitrogen and oxygen atoms in total. The van der Waals surface area contributed by atoms with Crippen molar-refractivity contribution in [2.45, 2.75) is 38.5 Å². The van der Waals surface area contributed by atoms with Gasteiger partial charge in [-0.15, -0.1) is 0 Å². The van der Waals surface area contributed by atoms with Gasteiger partial charge >= 0.3 is 0 Å². The average molecular weight is 306 g/mol. The van der Waals surface area contributed by atoms with Crippen molar-refractivity contribution < 1.29 is 13.2 Å². The van der Waals surface area contributed by atoms with Gasteiger partial charge in [0.05, 0.1) is 6.61 Å². The van der Waals surface area contributed by atoms with E-state index >= 15 is 0 Å². The van der Waals surface area contributed by atoms with Gasteiger partial charge in [-0.05, 0) is 37.5 Å². The minimum Gasteiger partial charge on any atom is -0.492 e. The summed E-state index contributed by atoms with van der Waals surface area (Å²) in [7, 11) is -3.58. The van der Waals surface area contributed by atoms with Crippen LogP contribution in [-0.4, -0.2) is 21.6 Å². The normalized spacial score (nSPS) is 11.6. The molecular formula is C13H20ClNO3S. The molecule has 0 atom stereocenters. The fourth-order valence-corrected chi connectivity index (χ4v) is 3.00. The molecule has 1 aromatic rings. The monoisotopic (exact) mass is 305 g/mol. The van der Waals surface area contributed by atoms with E-state index in [2.05, 4.69) is 4.72 Å². The molecule has 1 aromatic carbocycles. The molecule has 1 N–H and O–H groups in total. The third-order valence-electron chi connectivity index (χ3n) is 2.52. The van der Waals surface area contributed by atoms with Crippen molar-refractivity contribution in [3.63, 3.8) is 0 Å². The van der Waals surface area contributed by atoms with Crippen LogP contribution in [0.25, 0.3) is 0 Å². The largest absolute Gasteiger partial charge is 0.492 e. The molecular weight excluding hydrogens is 286 g/mol. The zero-order valence-electron chi connectivity index (χ0n) is 11.5. The molecule has 0 spiro atoms. The first kappa shape index (κ1) is 16.3. The van der Waals surface area contributed by atoms with E-state index in [9.17, 15) is 8.42 Å². The fraction of sp³-hybridized carbons (Fsp3) is 0.538. The van der Waals surface area contributed by atoms with Gasteiger partial charge in [0.25, 0.3) is 0 Å². The van der Waals surface area contributed by atoms with Gasteiger partial charge in [0.2, 0.25) is 10.0 Å². The third-order valence-corrected chi connectivity index (χ3v) is 4.41. The SMILES string of the molecule is CCCNS(=O)(=O)c1cc(Cl)c(C)cc1OCCC. The summed E-state index contributed by atoms with van der Waals surface area (Å²) in [5.41, 5.74) is 0.794. The zero-order valence-corrected chi connectivity index (χ0v) is 13.1. The Kier molecular flexibility index (Phi) is 6.10. The molecule has 0 heterocycles. The molecule has 0 aliphatic rings. The number of hydrogen-bond acceptors (Lipinski definition) is 3. The number of ether oxygens (including phenoxy) is 1. The number of benzene rings is 1. The highest BCUT2D eigenvalue weighted by Gasteiger charge is 2.20. The predicted octanol–water partition coefficient (Wildman–Crippen LogP) is 3.13. The van der Waals surface area contributed by atoms with Gasteiger partial charge in [-0.2, -0.15) is 0 Å². The predicted molar refractivity (Wildman–Crippen MR) is 77.5 cm³/mol. The number of nitrogens with one attached hydrogen (secondary N) is 1. The number of halogens is 1. The average Bonchev–Trinajstić information content (AvgIpc) is 2.37. The molecule has 0 amide bonds. The highest BCUT2D eigenvalue weighted by molar-refractivity contribution is 7.89. The van der Waals surface area contributed by atoms with E-state index in [1.54, 1.807) is 6.07 Å². The van der Waals surface area contributed by atoms with Crippen LogP contribution in [0.1, 0.15) is 32.3 Å². The van der Waals surface area contributed by atoms with Crippen LogP contribution in [0.4, 0.5) is 0 Å². The van der Waals surface area contributed by atoms with E-state index < -0.39 is 10.0 Å². The minimum absolute atomic E-state index is 0.102. The number of rotatable bonds is 7. The lowest BCUT2D eigenvalue weighted by atomic mass is 10.2. The summed E-state index contributed by atoms with van der Waals surface area (Å²) in [4.78, 5) is 0.102. The molecule has 1 rings (SSSR count). The van der Waals surface area contributed by atoms with Gasteiger partial charge in [0.15, 0.2) is 0 Å². The third kappa shape index (κ3) is 4.37. The van der Waals surface area contributed by atoms with Crippen molar-refractivity contribution in [2.75, 3.05) is 13.2 Å².